The van der Waals surface area contributed by atoms with E-state index < -0.39 is 36.1 Å². The van der Waals surface area contributed by atoms with E-state index in [0.29, 0.717) is 204 Å². The van der Waals surface area contributed by atoms with E-state index in [9.17, 15) is 51.5 Å². The molecule has 0 radical (unpaired) electrons. The molecule has 49 heteroatoms. The van der Waals surface area contributed by atoms with Crippen LogP contribution in [0.5, 0.6) is 0 Å². The van der Waals surface area contributed by atoms with Crippen molar-refractivity contribution in [1.82, 2.24) is 79.4 Å². The summed E-state index contributed by atoms with van der Waals surface area (Å²) in [5.74, 6) is 3.44. The number of nitrogens with one attached hydrogen (secondary N) is 8. The first kappa shape index (κ1) is 103. The maximum atomic E-state index is 12.9. The highest BCUT2D eigenvalue weighted by atomic mass is 32.2. The molecular weight excluding hydrogens is 1840 g/mol. The van der Waals surface area contributed by atoms with Crippen molar-refractivity contribution >= 4 is 180 Å². The van der Waals surface area contributed by atoms with Gasteiger partial charge in [0, 0.05) is 187 Å². The average molecular weight is 1950 g/mol. The summed E-state index contributed by atoms with van der Waals surface area (Å²) in [5, 5.41) is 98.6. The van der Waals surface area contributed by atoms with Gasteiger partial charge in [0.05, 0.1) is 56.6 Å². The summed E-state index contributed by atoms with van der Waals surface area (Å²) in [6.45, 7) is 15.1. The highest BCUT2D eigenvalue weighted by Crippen LogP contribution is 2.36. The number of β-amino-alcohol motifs (C(OH)–C–C–N with tert-alkyl or cyclic N) is 4. The predicted molar refractivity (Wildman–Crippen MR) is 523 cm³/mol. The van der Waals surface area contributed by atoms with E-state index in [4.69, 9.17) is 29.2 Å². The van der Waals surface area contributed by atoms with Gasteiger partial charge in [-0.25, -0.2) is 10.5 Å². The largest absolute Gasteiger partial charge is 0.395 e. The van der Waals surface area contributed by atoms with Crippen LogP contribution in [0.3, 0.4) is 0 Å². The van der Waals surface area contributed by atoms with Gasteiger partial charge in [0.25, 0.3) is 20.2 Å². The van der Waals surface area contributed by atoms with Crippen LogP contribution in [-0.2, 0) is 39.0 Å². The van der Waals surface area contributed by atoms with Crippen molar-refractivity contribution in [2.24, 2.45) is 0 Å². The van der Waals surface area contributed by atoms with E-state index in [1.165, 1.54) is 36.4 Å². The molecular formula is C87H110N28O17S4. The fourth-order valence-corrected chi connectivity index (χ4v) is 16.9. The molecule has 11 aromatic rings. The molecule has 0 spiro atoms. The first-order valence-electron chi connectivity index (χ1n) is 42.6. The molecule has 4 saturated heterocycles. The quantitative estimate of drug-likeness (QED) is 0.00557. The van der Waals surface area contributed by atoms with Gasteiger partial charge in [0.2, 0.25) is 71.4 Å². The molecule has 0 bridgehead atoms. The summed E-state index contributed by atoms with van der Waals surface area (Å²) in [4.78, 5) is 72.3. The minimum absolute atomic E-state index is 0. The third-order valence-electron chi connectivity index (χ3n) is 21.3. The van der Waals surface area contributed by atoms with Crippen LogP contribution in [-0.4, -0.2) is 311 Å². The Morgan fingerprint density at radius 3 is 0.838 bits per heavy atom. The van der Waals surface area contributed by atoms with Crippen molar-refractivity contribution < 1.29 is 80.7 Å². The zero-order valence-electron chi connectivity index (χ0n) is 72.5. The van der Waals surface area contributed by atoms with Crippen LogP contribution >= 0.6 is 24.1 Å². The molecule has 4 aliphatic heterocycles. The molecule has 15 rings (SSSR count). The Hall–Kier alpha value is -12.4. The van der Waals surface area contributed by atoms with E-state index in [1.807, 2.05) is 106 Å². The Kier molecular flexibility index (Phi) is 38.0. The Morgan fingerprint density at radius 1 is 0.338 bits per heavy atom. The predicted octanol–water partition coefficient (Wildman–Crippen LogP) is 9.53. The van der Waals surface area contributed by atoms with Gasteiger partial charge >= 0.3 is 0 Å². The highest BCUT2D eigenvalue weighted by molar-refractivity contribution is 7.95. The maximum absolute atomic E-state index is 12.9. The van der Waals surface area contributed by atoms with E-state index in [0.717, 1.165) is 30.2 Å². The molecule has 4 aromatic heterocycles. The summed E-state index contributed by atoms with van der Waals surface area (Å²) in [7, 11) is -9.53. The second-order valence-corrected chi connectivity index (χ2v) is 34.9. The number of aliphatic hydroxyl groups is 5. The Labute approximate surface area is 794 Å². The Balaban J connectivity index is 0.000000241. The number of anilines is 19. The Morgan fingerprint density at radius 2 is 0.581 bits per heavy atom. The van der Waals surface area contributed by atoms with Crippen molar-refractivity contribution in [3.05, 3.63) is 186 Å². The summed E-state index contributed by atoms with van der Waals surface area (Å²) >= 11 is 1.37. The number of benzene rings is 7. The molecule has 136 heavy (non-hydrogen) atoms. The Bertz CT molecular complexity index is 5990. The lowest BCUT2D eigenvalue weighted by Gasteiger charge is -2.34. The molecule has 1 atom stereocenters. The summed E-state index contributed by atoms with van der Waals surface area (Å²) in [6.07, 6.45) is 5.56. The fourth-order valence-electron chi connectivity index (χ4n) is 14.5. The molecule has 4 aliphatic rings. The molecule has 1 unspecified atom stereocenters. The summed E-state index contributed by atoms with van der Waals surface area (Å²) < 4.78 is 81.9. The fraction of sp³-hybridized carbons (Fsp3) is 0.333. The molecule has 45 nitrogen and oxygen atoms in total. The monoisotopic (exact) mass is 1950 g/mol. The van der Waals surface area contributed by atoms with Crippen LogP contribution < -0.4 is 62.1 Å². The minimum Gasteiger partial charge on any atom is -0.395 e. The first-order chi connectivity index (χ1) is 65.1. The van der Waals surface area contributed by atoms with Crippen LogP contribution in [0.25, 0.3) is 24.3 Å². The van der Waals surface area contributed by atoms with Crippen LogP contribution in [0, 0.1) is 0 Å². The number of nitrogens with zero attached hydrogens (tertiary/aromatic N) is 20. The number of hydrogen-bond donors (Lipinski definition) is 17. The second kappa shape index (κ2) is 50.4. The molecule has 17 N–H and O–H groups in total. The molecule has 724 valence electrons. The van der Waals surface area contributed by atoms with E-state index in [2.05, 4.69) is 127 Å². The molecule has 0 amide bonds. The topological polar surface area (TPSA) is 564 Å². The smallest absolute Gasteiger partial charge is 0.295 e. The van der Waals surface area contributed by atoms with Gasteiger partial charge in [-0.3, -0.25) is 28.7 Å². The lowest BCUT2D eigenvalue weighted by Crippen LogP contribution is -2.47. The van der Waals surface area contributed by atoms with Crippen LogP contribution in [0.15, 0.2) is 183 Å². The highest BCUT2D eigenvalue weighted by Gasteiger charge is 2.28. The van der Waals surface area contributed by atoms with Gasteiger partial charge in [0.15, 0.2) is 0 Å². The van der Waals surface area contributed by atoms with Crippen molar-refractivity contribution in [2.75, 3.05) is 226 Å². The number of rotatable bonds is 41. The third kappa shape index (κ3) is 30.0. The maximum Gasteiger partial charge on any atom is 0.295 e. The number of aliphatic hydroxyl groups excluding tert-OH is 5. The first-order valence-corrected chi connectivity index (χ1v) is 46.9. The molecule has 8 heterocycles. The van der Waals surface area contributed by atoms with Gasteiger partial charge in [0.1, 0.15) is 9.79 Å². The standard InChI is InChI=1S/C44H50N14O8S2.C41H52N14O9S2.2CH4/c59-27-25-55-17-21-57(22-18-55)43-51-39(45-33-7-3-1-4-8-33)49-41(53-43)47-35-15-13-31(37(29-35)67-66-65-61)11-12-32-14-16-36(30-38(32)68(62,63)64)48-42-50-40(46-34-9-5-2-6-10-34)52-44(54-42)58-23-19-56(20-24-58)26-28-60;1-28(58)27-42-36-46-38(50-40(48-36)54-17-13-52(14-18-54)21-23-56)44-32-11-9-29(34(25-32)65-64-63-59)7-8-30-10-12-33(26-35(30)66(60,61)62)45-39-47-37(43-31-5-3-2-4-6-31)49-41(51-39)55-19-15-53(16-20-55)22-24-57;;/h1-16,29-30,59-61H,17-28H2,(H,62,63,64)(H2,45,47,49,51,53)(H2,46,48,50,52,54);2-12,25-26,28,56-59H,13-24,27H2,1H3,(H,60,61,62)(H2,42,44,46,48,50)(H2,43,45,47,49,51);2*1H4/b12-11+;8-7+;;. The van der Waals surface area contributed by atoms with Crippen molar-refractivity contribution in [3.63, 3.8) is 0 Å². The third-order valence-corrected chi connectivity index (χ3v) is 24.4. The normalized spacial score (nSPS) is 15.0. The number of hydrogen-bond acceptors (Lipinski definition) is 45. The van der Waals surface area contributed by atoms with Crippen molar-refractivity contribution in [1.29, 1.82) is 0 Å². The van der Waals surface area contributed by atoms with Crippen molar-refractivity contribution in [3.8, 4) is 0 Å². The van der Waals surface area contributed by atoms with E-state index in [1.54, 1.807) is 67.6 Å². The summed E-state index contributed by atoms with van der Waals surface area (Å²) in [5.41, 5.74) is 5.20. The minimum atomic E-state index is -4.77. The molecule has 0 saturated carbocycles. The number of aromatic nitrogens is 12. The van der Waals surface area contributed by atoms with E-state index in [-0.39, 0.29) is 112 Å². The molecule has 4 fully saturated rings. The molecule has 7 aromatic carbocycles. The zero-order valence-corrected chi connectivity index (χ0v) is 75.8. The van der Waals surface area contributed by atoms with Crippen LogP contribution in [0.1, 0.15) is 44.0 Å². The number of para-hydroxylation sites is 3. The average Bonchev–Trinajstić information content (AvgIpc) is 0.851. The second-order valence-electron chi connectivity index (χ2n) is 30.6. The van der Waals surface area contributed by atoms with Crippen LogP contribution in [0.4, 0.5) is 111 Å². The van der Waals surface area contributed by atoms with E-state index >= 15 is 0 Å². The van der Waals surface area contributed by atoms with Gasteiger partial charge < -0.3 is 87.7 Å². The van der Waals surface area contributed by atoms with Gasteiger partial charge in [-0.15, -0.1) is 8.67 Å². The van der Waals surface area contributed by atoms with Crippen molar-refractivity contribution in [2.45, 2.75) is 47.5 Å². The van der Waals surface area contributed by atoms with Gasteiger partial charge in [-0.05, 0) is 114 Å². The van der Waals surface area contributed by atoms with Gasteiger partial charge in [-0.2, -0.15) is 76.6 Å². The zero-order chi connectivity index (χ0) is 93.8. The van der Waals surface area contributed by atoms with Crippen LogP contribution in [0.2, 0.25) is 0 Å². The lowest BCUT2D eigenvalue weighted by atomic mass is 10.1. The molecule has 0 aliphatic carbocycles. The van der Waals surface area contributed by atoms with Gasteiger partial charge in [-0.1, -0.05) is 128 Å². The lowest BCUT2D eigenvalue weighted by molar-refractivity contribution is -0.432. The number of piperazine rings is 4. The SMILES string of the molecule is C.C.CC(O)CNc1nc(Nc2ccc(/C=C/c3ccc(Nc4nc(Nc5ccccc5)nc(N5CCN(CCO)CC5)n4)cc3S(=O)(=O)O)c(SOOO)c2)nc(N2CCN(CCO)CC2)n1.O=S(=O)(O)c1cc(Nc2nc(Nc3ccccc3)nc(N3CCN(CCO)CC3)n2)ccc1/C=C/c1ccc(Nc2nc(Nc3ccccc3)nc(N3CCN(CCO)CC3)n2)cc1SOOO. The summed E-state index contributed by atoms with van der Waals surface area (Å²) in [6, 6.07) is 47.3.